The number of hydrogen-bond donors (Lipinski definition) is 2. The van der Waals surface area contributed by atoms with Gasteiger partial charge in [-0.2, -0.15) is 0 Å². The molecule has 32 heavy (non-hydrogen) atoms. The number of nitrogens with one attached hydrogen (secondary N) is 2. The molecule has 0 saturated carbocycles. The monoisotopic (exact) mass is 449 g/mol. The number of H-pyrrole nitrogens is 1. The van der Waals surface area contributed by atoms with Gasteiger partial charge in [0.15, 0.2) is 5.75 Å². The van der Waals surface area contributed by atoms with E-state index in [1.165, 1.54) is 10.6 Å². The zero-order chi connectivity index (χ0) is 22.8. The number of aromatic nitrogens is 2. The van der Waals surface area contributed by atoms with Crippen LogP contribution in [0.4, 0.5) is 5.69 Å². The lowest BCUT2D eigenvalue weighted by Gasteiger charge is -2.14. The number of halogens is 1. The zero-order valence-electron chi connectivity index (χ0n) is 17.4. The van der Waals surface area contributed by atoms with Gasteiger partial charge in [0.2, 0.25) is 0 Å². The van der Waals surface area contributed by atoms with Crippen molar-refractivity contribution in [2.45, 2.75) is 20.4 Å². The van der Waals surface area contributed by atoms with E-state index < -0.39 is 17.0 Å². The highest BCUT2D eigenvalue weighted by atomic mass is 35.5. The number of nitrogens with zero attached hydrogens (tertiary/aromatic N) is 1. The summed E-state index contributed by atoms with van der Waals surface area (Å²) in [5.74, 6) is 0.632. The van der Waals surface area contributed by atoms with E-state index in [1.807, 2.05) is 31.2 Å². The molecule has 0 aliphatic carbocycles. The molecule has 8 heteroatoms. The van der Waals surface area contributed by atoms with Crippen molar-refractivity contribution in [3.05, 3.63) is 97.5 Å². The van der Waals surface area contributed by atoms with Gasteiger partial charge in [-0.3, -0.25) is 14.4 Å². The molecule has 4 aromatic rings. The van der Waals surface area contributed by atoms with Crippen molar-refractivity contribution in [1.29, 1.82) is 0 Å². The largest absolute Gasteiger partial charge is 0.455 e. The van der Waals surface area contributed by atoms with E-state index in [0.717, 1.165) is 5.56 Å². The second-order valence-electron chi connectivity index (χ2n) is 7.25. The number of benzene rings is 3. The first-order valence-electron chi connectivity index (χ1n) is 9.98. The Bertz CT molecular complexity index is 1440. The molecular formula is C24H20ClN3O4. The zero-order valence-corrected chi connectivity index (χ0v) is 18.2. The first-order chi connectivity index (χ1) is 15.4. The molecule has 2 N–H and O–H groups in total. The molecule has 0 bridgehead atoms. The van der Waals surface area contributed by atoms with Gasteiger partial charge in [0.05, 0.1) is 16.7 Å². The maximum Gasteiger partial charge on any atom is 0.316 e. The Kier molecular flexibility index (Phi) is 5.83. The summed E-state index contributed by atoms with van der Waals surface area (Å²) in [6.07, 6.45) is 0. The van der Waals surface area contributed by atoms with E-state index in [2.05, 4.69) is 10.3 Å². The molecule has 4 rings (SSSR count). The van der Waals surface area contributed by atoms with Gasteiger partial charge in [-0.1, -0.05) is 29.3 Å². The Morgan fingerprint density at radius 2 is 1.81 bits per heavy atom. The molecule has 1 aromatic heterocycles. The van der Waals surface area contributed by atoms with Gasteiger partial charge in [0.1, 0.15) is 5.75 Å². The number of amides is 1. The first kappa shape index (κ1) is 21.4. The smallest absolute Gasteiger partial charge is 0.316 e. The van der Waals surface area contributed by atoms with Crippen LogP contribution in [-0.4, -0.2) is 15.5 Å². The number of carbonyl (C=O) groups is 1. The predicted octanol–water partition coefficient (Wildman–Crippen LogP) is 4.72. The highest BCUT2D eigenvalue weighted by molar-refractivity contribution is 6.31. The highest BCUT2D eigenvalue weighted by Crippen LogP contribution is 2.32. The maximum atomic E-state index is 13.0. The van der Waals surface area contributed by atoms with Gasteiger partial charge in [-0.05, 0) is 62.4 Å². The fourth-order valence-electron chi connectivity index (χ4n) is 3.35. The molecular weight excluding hydrogens is 430 g/mol. The summed E-state index contributed by atoms with van der Waals surface area (Å²) in [6, 6.07) is 17.2. The molecule has 1 amide bonds. The third-order valence-electron chi connectivity index (χ3n) is 4.99. The molecule has 0 aliphatic heterocycles. The summed E-state index contributed by atoms with van der Waals surface area (Å²) in [5, 5.41) is 3.25. The van der Waals surface area contributed by atoms with E-state index in [0.29, 0.717) is 45.4 Å². The number of aromatic amines is 1. The molecule has 0 aliphatic rings. The molecule has 0 unspecified atom stereocenters. The van der Waals surface area contributed by atoms with E-state index in [1.54, 1.807) is 37.3 Å². The Morgan fingerprint density at radius 1 is 1.06 bits per heavy atom. The topological polar surface area (TPSA) is 93.2 Å². The third kappa shape index (κ3) is 4.29. The van der Waals surface area contributed by atoms with Crippen molar-refractivity contribution < 1.29 is 9.53 Å². The fourth-order valence-corrected chi connectivity index (χ4v) is 3.52. The number of aryl methyl sites for hydroxylation is 2. The van der Waals surface area contributed by atoms with Gasteiger partial charge in [-0.25, -0.2) is 0 Å². The van der Waals surface area contributed by atoms with Crippen molar-refractivity contribution in [1.82, 2.24) is 9.55 Å². The molecule has 1 heterocycles. The summed E-state index contributed by atoms with van der Waals surface area (Å²) in [4.78, 5) is 39.5. The van der Waals surface area contributed by atoms with Crippen molar-refractivity contribution in [3.63, 3.8) is 0 Å². The molecule has 7 nitrogen and oxygen atoms in total. The third-order valence-corrected chi connectivity index (χ3v) is 5.23. The van der Waals surface area contributed by atoms with E-state index in [4.69, 9.17) is 16.3 Å². The minimum absolute atomic E-state index is 0.302. The molecule has 0 saturated heterocycles. The van der Waals surface area contributed by atoms with Crippen molar-refractivity contribution in [3.8, 4) is 11.5 Å². The standard InChI is InChI=1S/C24H20ClN3O4/c1-3-28-20-10-6-15(12-18(20)26-23(30)24(28)31)22(29)27-19-13-16(25)7-11-21(19)32-17-8-4-14(2)5-9-17/h4-13H,3H2,1-2H3,(H,26,30)(H,27,29). The van der Waals surface area contributed by atoms with Gasteiger partial charge >= 0.3 is 11.1 Å². The second-order valence-corrected chi connectivity index (χ2v) is 7.68. The number of carbonyl (C=O) groups excluding carboxylic acids is 1. The van der Waals surface area contributed by atoms with Gasteiger partial charge in [0, 0.05) is 17.1 Å². The average Bonchev–Trinajstić information content (AvgIpc) is 2.77. The number of fused-ring (bicyclic) bond motifs is 1. The van der Waals surface area contributed by atoms with Crippen LogP contribution < -0.4 is 21.2 Å². The summed E-state index contributed by atoms with van der Waals surface area (Å²) in [5.41, 5.74) is 1.37. The van der Waals surface area contributed by atoms with E-state index >= 15 is 0 Å². The summed E-state index contributed by atoms with van der Waals surface area (Å²) in [7, 11) is 0. The molecule has 0 atom stereocenters. The summed E-state index contributed by atoms with van der Waals surface area (Å²) >= 11 is 6.13. The predicted molar refractivity (Wildman–Crippen MR) is 125 cm³/mol. The van der Waals surface area contributed by atoms with Gasteiger partial charge in [-0.15, -0.1) is 0 Å². The fraction of sp³-hybridized carbons (Fsp3) is 0.125. The minimum atomic E-state index is -0.736. The minimum Gasteiger partial charge on any atom is -0.455 e. The quantitative estimate of drug-likeness (QED) is 0.431. The number of hydrogen-bond acceptors (Lipinski definition) is 4. The second kappa shape index (κ2) is 8.72. The Hall–Kier alpha value is -3.84. The molecule has 3 aromatic carbocycles. The molecule has 0 fully saturated rings. The Balaban J connectivity index is 1.66. The number of anilines is 1. The average molecular weight is 450 g/mol. The molecule has 0 spiro atoms. The van der Waals surface area contributed by atoms with Crippen LogP contribution in [0.3, 0.4) is 0 Å². The molecule has 0 radical (unpaired) electrons. The van der Waals surface area contributed by atoms with Crippen LogP contribution in [0.2, 0.25) is 5.02 Å². The lowest BCUT2D eigenvalue weighted by molar-refractivity contribution is 0.102. The van der Waals surface area contributed by atoms with Crippen LogP contribution >= 0.6 is 11.6 Å². The van der Waals surface area contributed by atoms with Crippen LogP contribution in [0.25, 0.3) is 11.0 Å². The maximum absolute atomic E-state index is 13.0. The lowest BCUT2D eigenvalue weighted by atomic mass is 10.1. The summed E-state index contributed by atoms with van der Waals surface area (Å²) in [6.45, 7) is 4.09. The van der Waals surface area contributed by atoms with Crippen LogP contribution in [0, 0.1) is 6.92 Å². The van der Waals surface area contributed by atoms with Crippen molar-refractivity contribution in [2.24, 2.45) is 0 Å². The van der Waals surface area contributed by atoms with Crippen LogP contribution in [0.5, 0.6) is 11.5 Å². The van der Waals surface area contributed by atoms with Gasteiger partial charge in [0.25, 0.3) is 5.91 Å². The molecule has 162 valence electrons. The SMILES string of the molecule is CCn1c(=O)c(=O)[nH]c2cc(C(=O)Nc3cc(Cl)ccc3Oc3ccc(C)cc3)ccc21. The van der Waals surface area contributed by atoms with Crippen molar-refractivity contribution >= 4 is 34.2 Å². The van der Waals surface area contributed by atoms with Crippen LogP contribution in [-0.2, 0) is 6.54 Å². The normalized spacial score (nSPS) is 10.8. The lowest BCUT2D eigenvalue weighted by Crippen LogP contribution is -2.36. The summed E-state index contributed by atoms with van der Waals surface area (Å²) < 4.78 is 7.29. The van der Waals surface area contributed by atoms with E-state index in [9.17, 15) is 14.4 Å². The Morgan fingerprint density at radius 3 is 2.53 bits per heavy atom. The Labute approximate surface area is 188 Å². The van der Waals surface area contributed by atoms with Crippen LogP contribution in [0.1, 0.15) is 22.8 Å². The van der Waals surface area contributed by atoms with Crippen LogP contribution in [0.15, 0.2) is 70.3 Å². The number of rotatable bonds is 5. The van der Waals surface area contributed by atoms with Gasteiger partial charge < -0.3 is 19.6 Å². The van der Waals surface area contributed by atoms with Crippen molar-refractivity contribution in [2.75, 3.05) is 5.32 Å². The van der Waals surface area contributed by atoms with E-state index in [-0.39, 0.29) is 0 Å². The highest BCUT2D eigenvalue weighted by Gasteiger charge is 2.14. The number of ether oxygens (including phenoxy) is 1. The first-order valence-corrected chi connectivity index (χ1v) is 10.4.